The van der Waals surface area contributed by atoms with Gasteiger partial charge in [0.2, 0.25) is 0 Å². The van der Waals surface area contributed by atoms with Crippen LogP contribution in [0.5, 0.6) is 0 Å². The van der Waals surface area contributed by atoms with E-state index in [1.54, 1.807) is 56.5 Å². The molecule has 9 heteroatoms. The average Bonchev–Trinajstić information content (AvgIpc) is 3.35. The molecule has 5 rings (SSSR count). The number of aromatic nitrogens is 3. The molecule has 1 amide bonds. The van der Waals surface area contributed by atoms with E-state index < -0.39 is 17.0 Å². The summed E-state index contributed by atoms with van der Waals surface area (Å²) in [5.74, 6) is -0.584. The molecule has 2 aromatic heterocycles. The Morgan fingerprint density at radius 3 is 2.60 bits per heavy atom. The van der Waals surface area contributed by atoms with Crippen molar-refractivity contribution in [1.82, 2.24) is 19.5 Å². The topological polar surface area (TPSA) is 80.0 Å². The molecule has 0 bridgehead atoms. The van der Waals surface area contributed by atoms with Gasteiger partial charge in [-0.2, -0.15) is 5.10 Å². The van der Waals surface area contributed by atoms with Gasteiger partial charge in [0.15, 0.2) is 5.65 Å². The molecule has 0 saturated carbocycles. The first kappa shape index (κ1) is 28.0. The molecule has 1 aliphatic rings. The van der Waals surface area contributed by atoms with E-state index >= 15 is 4.39 Å². The number of carbonyl (C=O) groups excluding carboxylic acids is 1. The summed E-state index contributed by atoms with van der Waals surface area (Å²) in [6, 6.07) is 16.4. The van der Waals surface area contributed by atoms with E-state index in [0.29, 0.717) is 41.0 Å². The lowest BCUT2D eigenvalue weighted by Gasteiger charge is -2.37. The van der Waals surface area contributed by atoms with Gasteiger partial charge in [-0.05, 0) is 70.7 Å². The van der Waals surface area contributed by atoms with E-state index in [9.17, 15) is 9.90 Å². The number of fused-ring (bicyclic) bond motifs is 2. The molecule has 4 aromatic rings. The molecular formula is C31H35BFN4O3. The van der Waals surface area contributed by atoms with Crippen molar-refractivity contribution in [2.75, 3.05) is 6.54 Å². The van der Waals surface area contributed by atoms with Crippen molar-refractivity contribution in [3.05, 3.63) is 82.9 Å². The highest BCUT2D eigenvalue weighted by Gasteiger charge is 2.36. The summed E-state index contributed by atoms with van der Waals surface area (Å²) in [4.78, 5) is 20.2. The van der Waals surface area contributed by atoms with Crippen LogP contribution in [0.15, 0.2) is 54.6 Å². The Morgan fingerprint density at radius 2 is 1.90 bits per heavy atom. The number of nitrogens with zero attached hydrogens (tertiary/aromatic N) is 4. The molecule has 207 valence electrons. The van der Waals surface area contributed by atoms with Gasteiger partial charge in [0.1, 0.15) is 11.5 Å². The van der Waals surface area contributed by atoms with Gasteiger partial charge in [0, 0.05) is 23.9 Å². The fourth-order valence-corrected chi connectivity index (χ4v) is 4.90. The van der Waals surface area contributed by atoms with Crippen molar-refractivity contribution >= 4 is 24.5 Å². The molecule has 0 spiro atoms. The lowest BCUT2D eigenvalue weighted by Crippen LogP contribution is -2.49. The first-order chi connectivity index (χ1) is 18.9. The first-order valence-corrected chi connectivity index (χ1v) is 13.7. The predicted octanol–water partition coefficient (Wildman–Crippen LogP) is 4.67. The van der Waals surface area contributed by atoms with Gasteiger partial charge in [-0.1, -0.05) is 48.8 Å². The molecule has 1 N–H and O–H groups in total. The number of hydrogen-bond acceptors (Lipinski definition) is 5. The second kappa shape index (κ2) is 10.4. The summed E-state index contributed by atoms with van der Waals surface area (Å²) in [6.45, 7) is 11.5. The molecule has 0 fully saturated rings. The fourth-order valence-electron chi connectivity index (χ4n) is 4.90. The van der Waals surface area contributed by atoms with Crippen LogP contribution in [0, 0.1) is 5.82 Å². The minimum Gasteiger partial charge on any atom is -0.427 e. The number of aliphatic hydroxyl groups is 1. The number of aryl methyl sites for hydroxylation is 1. The summed E-state index contributed by atoms with van der Waals surface area (Å²) < 4.78 is 22.7. The Hall–Kier alpha value is -3.56. The van der Waals surface area contributed by atoms with Crippen molar-refractivity contribution in [2.45, 2.75) is 71.6 Å². The maximum absolute atomic E-state index is 15.3. The second-order valence-electron chi connectivity index (χ2n) is 11.5. The minimum atomic E-state index is -1.08. The maximum Gasteiger partial charge on any atom is 0.331 e. The van der Waals surface area contributed by atoms with Crippen molar-refractivity contribution in [3.63, 3.8) is 0 Å². The molecule has 7 nitrogen and oxygen atoms in total. The van der Waals surface area contributed by atoms with Gasteiger partial charge >= 0.3 is 7.48 Å². The molecule has 1 aliphatic heterocycles. The summed E-state index contributed by atoms with van der Waals surface area (Å²) in [7, 11) is 1.45. The third kappa shape index (κ3) is 5.16. The molecular weight excluding hydrogens is 506 g/mol. The molecule has 0 saturated heterocycles. The summed E-state index contributed by atoms with van der Waals surface area (Å²) in [5, 5.41) is 14.9. The van der Waals surface area contributed by atoms with Gasteiger partial charge in [0.05, 0.1) is 22.9 Å². The molecule has 0 aliphatic carbocycles. The maximum atomic E-state index is 15.3. The number of rotatable bonds is 7. The highest BCUT2D eigenvalue weighted by molar-refractivity contribution is 6.47. The van der Waals surface area contributed by atoms with Gasteiger partial charge in [-0.15, -0.1) is 0 Å². The third-order valence-electron chi connectivity index (χ3n) is 8.17. The van der Waals surface area contributed by atoms with Crippen molar-refractivity contribution in [1.29, 1.82) is 0 Å². The lowest BCUT2D eigenvalue weighted by atomic mass is 9.82. The van der Waals surface area contributed by atoms with Crippen molar-refractivity contribution in [3.8, 4) is 11.3 Å². The molecule has 2 aromatic carbocycles. The Labute approximate surface area is 235 Å². The average molecular weight is 541 g/mol. The lowest BCUT2D eigenvalue weighted by molar-refractivity contribution is -0.0893. The monoisotopic (exact) mass is 541 g/mol. The van der Waals surface area contributed by atoms with E-state index in [1.807, 2.05) is 30.9 Å². The molecule has 3 heterocycles. The largest absolute Gasteiger partial charge is 0.427 e. The molecule has 40 heavy (non-hydrogen) atoms. The Morgan fingerprint density at radius 1 is 1.15 bits per heavy atom. The van der Waals surface area contributed by atoms with Crippen LogP contribution in [-0.2, 0) is 17.5 Å². The van der Waals surface area contributed by atoms with Gasteiger partial charge in [-0.3, -0.25) is 4.79 Å². The van der Waals surface area contributed by atoms with Crippen molar-refractivity contribution < 1.29 is 18.9 Å². The molecule has 1 radical (unpaired) electrons. The van der Waals surface area contributed by atoms with E-state index in [2.05, 4.69) is 22.2 Å². The van der Waals surface area contributed by atoms with Crippen LogP contribution in [0.4, 0.5) is 4.39 Å². The van der Waals surface area contributed by atoms with E-state index in [1.165, 1.54) is 19.1 Å². The highest BCUT2D eigenvalue weighted by Crippen LogP contribution is 2.31. The van der Waals surface area contributed by atoms with Crippen LogP contribution >= 0.6 is 0 Å². The van der Waals surface area contributed by atoms with E-state index in [4.69, 9.17) is 4.65 Å². The molecule has 1 atom stereocenters. The first-order valence-electron chi connectivity index (χ1n) is 13.7. The smallest absolute Gasteiger partial charge is 0.331 e. The number of hydrogen-bond donors (Lipinski definition) is 1. The normalized spacial score (nSPS) is 15.8. The highest BCUT2D eigenvalue weighted by atomic mass is 19.1. The van der Waals surface area contributed by atoms with Crippen LogP contribution in [0.1, 0.15) is 74.9 Å². The third-order valence-corrected chi connectivity index (χ3v) is 8.17. The zero-order valence-corrected chi connectivity index (χ0v) is 23.9. The number of halogens is 1. The van der Waals surface area contributed by atoms with Crippen LogP contribution in [0.25, 0.3) is 16.9 Å². The van der Waals surface area contributed by atoms with E-state index in [-0.39, 0.29) is 11.9 Å². The quantitative estimate of drug-likeness (QED) is 0.344. The van der Waals surface area contributed by atoms with Gasteiger partial charge < -0.3 is 14.7 Å². The van der Waals surface area contributed by atoms with Gasteiger partial charge in [-0.25, -0.2) is 13.9 Å². The van der Waals surface area contributed by atoms with Crippen LogP contribution in [0.3, 0.4) is 0 Å². The zero-order valence-electron chi connectivity index (χ0n) is 23.9. The minimum absolute atomic E-state index is 0.0524. The number of carbonyl (C=O) groups is 1. The predicted molar refractivity (Wildman–Crippen MR) is 154 cm³/mol. The Kier molecular flexibility index (Phi) is 7.31. The Balaban J connectivity index is 1.42. The standard InChI is InChI=1S/C31H35BFN4O3/c1-7-22-17-27(29(38)36-15-14-20-10-8-9-11-23(20)19(36)2)34-28-18-26(35-37(22)28)24-13-12-21(16-25(24)33)32-40-31(5,6)30(3,4)39/h8-13,16-19,39H,7,14-15H2,1-6H3/t19-/m1/s1. The van der Waals surface area contributed by atoms with Crippen LogP contribution < -0.4 is 5.46 Å². The fraction of sp³-hybridized carbons (Fsp3) is 0.387. The van der Waals surface area contributed by atoms with Crippen LogP contribution in [-0.4, -0.2) is 55.7 Å². The van der Waals surface area contributed by atoms with Crippen molar-refractivity contribution in [2.24, 2.45) is 0 Å². The van der Waals surface area contributed by atoms with Gasteiger partial charge in [0.25, 0.3) is 5.91 Å². The Bertz CT molecular complexity index is 1580. The SMILES string of the molecule is CCc1cc(C(=O)N2CCc3ccccc3[C@H]2C)nc2cc(-c3ccc([B]OC(C)(C)C(C)(C)O)cc3F)nn12. The second-order valence-corrected chi connectivity index (χ2v) is 11.5. The summed E-state index contributed by atoms with van der Waals surface area (Å²) in [5.41, 5.74) is 3.43. The molecule has 0 unspecified atom stereocenters. The summed E-state index contributed by atoms with van der Waals surface area (Å²) in [6.07, 6.45) is 1.43. The zero-order chi connectivity index (χ0) is 28.8. The number of amides is 1. The van der Waals surface area contributed by atoms with Crippen LogP contribution in [0.2, 0.25) is 0 Å². The number of benzene rings is 2. The van der Waals surface area contributed by atoms with E-state index in [0.717, 1.165) is 17.7 Å². The summed E-state index contributed by atoms with van der Waals surface area (Å²) >= 11 is 0.